The predicted octanol–water partition coefficient (Wildman–Crippen LogP) is 6.32. The summed E-state index contributed by atoms with van der Waals surface area (Å²) < 4.78 is 0. The lowest BCUT2D eigenvalue weighted by Crippen LogP contribution is -2.27. The van der Waals surface area contributed by atoms with Crippen LogP contribution in [0, 0.1) is 0 Å². The first kappa shape index (κ1) is 18.0. The number of anilines is 2. The van der Waals surface area contributed by atoms with Gasteiger partial charge in [-0.25, -0.2) is 0 Å². The van der Waals surface area contributed by atoms with E-state index < -0.39 is 0 Å². The van der Waals surface area contributed by atoms with Gasteiger partial charge in [0, 0.05) is 22.7 Å². The molecular formula is C25H21ClN2O. The van der Waals surface area contributed by atoms with E-state index in [1.807, 2.05) is 66.7 Å². The summed E-state index contributed by atoms with van der Waals surface area (Å²) in [4.78, 5) is 13.4. The Labute approximate surface area is 175 Å². The average molecular weight is 401 g/mol. The first-order valence-corrected chi connectivity index (χ1v) is 10.3. The van der Waals surface area contributed by atoms with Gasteiger partial charge in [0.15, 0.2) is 5.78 Å². The van der Waals surface area contributed by atoms with Gasteiger partial charge in [0.05, 0.1) is 17.4 Å². The Kier molecular flexibility index (Phi) is 4.61. The van der Waals surface area contributed by atoms with Crippen molar-refractivity contribution in [1.29, 1.82) is 0 Å². The van der Waals surface area contributed by atoms with Crippen molar-refractivity contribution in [2.24, 2.45) is 0 Å². The van der Waals surface area contributed by atoms with Gasteiger partial charge in [-0.15, -0.1) is 0 Å². The molecule has 1 aliphatic carbocycles. The Morgan fingerprint density at radius 3 is 2.28 bits per heavy atom. The lowest BCUT2D eigenvalue weighted by molar-refractivity contribution is -0.116. The highest BCUT2D eigenvalue weighted by molar-refractivity contribution is 6.31. The van der Waals surface area contributed by atoms with Crippen LogP contribution in [0.25, 0.3) is 0 Å². The molecule has 3 aromatic carbocycles. The summed E-state index contributed by atoms with van der Waals surface area (Å²) in [5, 5.41) is 7.80. The van der Waals surface area contributed by atoms with Crippen LogP contribution in [0.5, 0.6) is 0 Å². The minimum Gasteiger partial charge on any atom is -0.372 e. The summed E-state index contributed by atoms with van der Waals surface area (Å²) in [6, 6.07) is 25.8. The number of nitrogens with one attached hydrogen (secondary N) is 2. The number of benzene rings is 3. The lowest BCUT2D eigenvalue weighted by atomic mass is 9.78. The van der Waals surface area contributed by atoms with Gasteiger partial charge in [-0.2, -0.15) is 0 Å². The number of para-hydroxylation sites is 2. The molecule has 1 heterocycles. The van der Waals surface area contributed by atoms with Gasteiger partial charge in [-0.1, -0.05) is 72.3 Å². The van der Waals surface area contributed by atoms with E-state index in [0.717, 1.165) is 34.6 Å². The van der Waals surface area contributed by atoms with E-state index in [1.165, 1.54) is 5.56 Å². The Balaban J connectivity index is 1.64. The van der Waals surface area contributed by atoms with Gasteiger partial charge in [0.25, 0.3) is 0 Å². The van der Waals surface area contributed by atoms with Crippen LogP contribution in [-0.4, -0.2) is 5.78 Å². The predicted molar refractivity (Wildman–Crippen MR) is 118 cm³/mol. The molecule has 0 saturated carbocycles. The lowest BCUT2D eigenvalue weighted by Gasteiger charge is -2.30. The molecular weight excluding hydrogens is 380 g/mol. The van der Waals surface area contributed by atoms with Crippen molar-refractivity contribution in [1.82, 2.24) is 0 Å². The number of fused-ring (bicyclic) bond motifs is 1. The van der Waals surface area contributed by atoms with Crippen LogP contribution in [0.2, 0.25) is 5.02 Å². The van der Waals surface area contributed by atoms with Gasteiger partial charge in [0.1, 0.15) is 0 Å². The highest BCUT2D eigenvalue weighted by atomic mass is 35.5. The maximum absolute atomic E-state index is 13.4. The van der Waals surface area contributed by atoms with Crippen molar-refractivity contribution in [3.05, 3.63) is 106 Å². The van der Waals surface area contributed by atoms with Crippen LogP contribution in [-0.2, 0) is 4.79 Å². The minimum atomic E-state index is -0.279. The second-order valence-corrected chi connectivity index (χ2v) is 8.01. The third kappa shape index (κ3) is 3.32. The Morgan fingerprint density at radius 1 is 0.793 bits per heavy atom. The summed E-state index contributed by atoms with van der Waals surface area (Å²) in [5.41, 5.74) is 5.85. The molecule has 5 rings (SSSR count). The van der Waals surface area contributed by atoms with Crippen LogP contribution >= 0.6 is 11.6 Å². The minimum absolute atomic E-state index is 0.165. The van der Waals surface area contributed by atoms with E-state index in [1.54, 1.807) is 0 Å². The number of carbonyl (C=O) groups excluding carboxylic acids is 1. The quantitative estimate of drug-likeness (QED) is 0.528. The summed E-state index contributed by atoms with van der Waals surface area (Å²) in [7, 11) is 0. The maximum atomic E-state index is 13.4. The zero-order valence-electron chi connectivity index (χ0n) is 15.9. The van der Waals surface area contributed by atoms with Crippen LogP contribution in [0.1, 0.15) is 35.9 Å². The van der Waals surface area contributed by atoms with E-state index in [2.05, 4.69) is 22.8 Å². The Bertz CT molecular complexity index is 1110. The fourth-order valence-corrected chi connectivity index (χ4v) is 4.64. The van der Waals surface area contributed by atoms with E-state index in [9.17, 15) is 4.79 Å². The third-order valence-corrected chi connectivity index (χ3v) is 6.14. The average Bonchev–Trinajstić information content (AvgIpc) is 2.91. The van der Waals surface area contributed by atoms with E-state index in [-0.39, 0.29) is 17.7 Å². The molecule has 2 unspecified atom stereocenters. The molecule has 0 aromatic heterocycles. The van der Waals surface area contributed by atoms with Crippen LogP contribution in [0.4, 0.5) is 11.4 Å². The molecule has 0 fully saturated rings. The van der Waals surface area contributed by atoms with Crippen LogP contribution in [0.15, 0.2) is 90.1 Å². The monoisotopic (exact) mass is 400 g/mol. The van der Waals surface area contributed by atoms with Gasteiger partial charge in [-0.3, -0.25) is 4.79 Å². The maximum Gasteiger partial charge on any atom is 0.163 e. The van der Waals surface area contributed by atoms with Crippen LogP contribution in [0.3, 0.4) is 0 Å². The molecule has 144 valence electrons. The first-order chi connectivity index (χ1) is 14.2. The number of ketones is 1. The molecule has 3 aromatic rings. The van der Waals surface area contributed by atoms with Crippen LogP contribution < -0.4 is 10.6 Å². The van der Waals surface area contributed by atoms with Crippen molar-refractivity contribution in [2.75, 3.05) is 10.6 Å². The van der Waals surface area contributed by atoms with Crippen molar-refractivity contribution in [3.8, 4) is 0 Å². The summed E-state index contributed by atoms with van der Waals surface area (Å²) in [6.07, 6.45) is 1.30. The SMILES string of the molecule is O=C1CC(c2ccccc2)CC2=C1C(c1ccccc1Cl)Nc1ccccc1N2. The molecule has 29 heavy (non-hydrogen) atoms. The molecule has 3 nitrogen and oxygen atoms in total. The standard InChI is InChI=1S/C25H21ClN2O/c26-19-11-5-4-10-18(19)25-24-22(27-20-12-6-7-13-21(20)28-25)14-17(15-23(24)29)16-8-2-1-3-9-16/h1-13,17,25,27-28H,14-15H2. The Morgan fingerprint density at radius 2 is 1.48 bits per heavy atom. The highest BCUT2D eigenvalue weighted by Gasteiger charge is 2.36. The topological polar surface area (TPSA) is 41.1 Å². The van der Waals surface area contributed by atoms with Crippen molar-refractivity contribution in [3.63, 3.8) is 0 Å². The first-order valence-electron chi connectivity index (χ1n) is 9.89. The molecule has 1 aliphatic heterocycles. The van der Waals surface area contributed by atoms with E-state index in [0.29, 0.717) is 11.4 Å². The molecule has 4 heteroatoms. The summed E-state index contributed by atoms with van der Waals surface area (Å²) >= 11 is 6.55. The molecule has 2 atom stereocenters. The normalized spacial score (nSPS) is 20.8. The van der Waals surface area contributed by atoms with E-state index in [4.69, 9.17) is 11.6 Å². The molecule has 0 bridgehead atoms. The number of allylic oxidation sites excluding steroid dienone is 1. The zero-order valence-corrected chi connectivity index (χ0v) is 16.6. The van der Waals surface area contributed by atoms with Crippen molar-refractivity contribution in [2.45, 2.75) is 24.8 Å². The van der Waals surface area contributed by atoms with Gasteiger partial charge >= 0.3 is 0 Å². The fraction of sp³-hybridized carbons (Fsp3) is 0.160. The zero-order chi connectivity index (χ0) is 19.8. The summed E-state index contributed by atoms with van der Waals surface area (Å²) in [6.45, 7) is 0. The molecule has 0 saturated heterocycles. The number of hydrogen-bond donors (Lipinski definition) is 2. The molecule has 2 aliphatic rings. The third-order valence-electron chi connectivity index (χ3n) is 5.80. The fourth-order valence-electron chi connectivity index (χ4n) is 4.40. The second kappa shape index (κ2) is 7.41. The second-order valence-electron chi connectivity index (χ2n) is 7.60. The number of halogens is 1. The van der Waals surface area contributed by atoms with Gasteiger partial charge < -0.3 is 10.6 Å². The summed E-state index contributed by atoms with van der Waals surface area (Å²) in [5.74, 6) is 0.338. The smallest absolute Gasteiger partial charge is 0.163 e. The largest absolute Gasteiger partial charge is 0.372 e. The number of carbonyl (C=O) groups is 1. The van der Waals surface area contributed by atoms with E-state index >= 15 is 0 Å². The molecule has 0 spiro atoms. The van der Waals surface area contributed by atoms with Crippen molar-refractivity contribution < 1.29 is 4.79 Å². The molecule has 0 radical (unpaired) electrons. The van der Waals surface area contributed by atoms with Gasteiger partial charge in [0.2, 0.25) is 0 Å². The molecule has 2 N–H and O–H groups in total. The molecule has 0 amide bonds. The number of hydrogen-bond acceptors (Lipinski definition) is 3. The highest BCUT2D eigenvalue weighted by Crippen LogP contribution is 2.45. The number of Topliss-reactive ketones (excluding diaryl/α,β-unsaturated/α-hetero) is 1. The Hall–Kier alpha value is -3.04. The van der Waals surface area contributed by atoms with Crippen molar-refractivity contribution >= 4 is 28.8 Å². The van der Waals surface area contributed by atoms with Gasteiger partial charge in [-0.05, 0) is 41.7 Å². The number of rotatable bonds is 2.